The molecule has 3 N–H and O–H groups in total. The molecule has 0 spiro atoms. The zero-order valence-electron chi connectivity index (χ0n) is 14.3. The van der Waals surface area contributed by atoms with Crippen LogP contribution in [-0.2, 0) is 11.2 Å². The number of hydrogen-bond acceptors (Lipinski definition) is 3. The summed E-state index contributed by atoms with van der Waals surface area (Å²) in [6.07, 6.45) is 1.00. The second kappa shape index (κ2) is 7.94. The Balaban J connectivity index is 1.54. The number of carbonyl (C=O) groups is 2. The van der Waals surface area contributed by atoms with Gasteiger partial charge in [0, 0.05) is 18.2 Å². The second-order valence-electron chi connectivity index (χ2n) is 6.26. The van der Waals surface area contributed by atoms with Gasteiger partial charge < -0.3 is 16.0 Å². The highest BCUT2D eigenvalue weighted by atomic mass is 16.2. The molecule has 0 saturated heterocycles. The number of amides is 2. The second-order valence-corrected chi connectivity index (χ2v) is 6.26. The molecule has 2 aromatic carbocycles. The van der Waals surface area contributed by atoms with Gasteiger partial charge in [0.15, 0.2) is 0 Å². The summed E-state index contributed by atoms with van der Waals surface area (Å²) in [4.78, 5) is 24.4. The van der Waals surface area contributed by atoms with E-state index in [1.165, 1.54) is 11.1 Å². The first-order chi connectivity index (χ1) is 12.1. The maximum atomic E-state index is 12.3. The van der Waals surface area contributed by atoms with Crippen molar-refractivity contribution in [2.24, 2.45) is 0 Å². The van der Waals surface area contributed by atoms with Gasteiger partial charge in [0.1, 0.15) is 6.04 Å². The van der Waals surface area contributed by atoms with Crippen molar-refractivity contribution < 1.29 is 9.59 Å². The predicted octanol–water partition coefficient (Wildman–Crippen LogP) is 1.81. The monoisotopic (exact) mass is 337 g/mol. The molecular weight excluding hydrogens is 314 g/mol. The van der Waals surface area contributed by atoms with E-state index in [1.54, 1.807) is 31.2 Å². The zero-order chi connectivity index (χ0) is 17.6. The van der Waals surface area contributed by atoms with Gasteiger partial charge in [0.2, 0.25) is 5.91 Å². The fourth-order valence-corrected chi connectivity index (χ4v) is 3.07. The Labute approximate surface area is 147 Å². The zero-order valence-corrected chi connectivity index (χ0v) is 14.3. The fourth-order valence-electron chi connectivity index (χ4n) is 3.07. The highest BCUT2D eigenvalue weighted by Gasteiger charge is 2.21. The number of hydrogen-bond donors (Lipinski definition) is 3. The van der Waals surface area contributed by atoms with Crippen LogP contribution in [0.5, 0.6) is 0 Å². The van der Waals surface area contributed by atoms with Gasteiger partial charge in [-0.25, -0.2) is 0 Å². The van der Waals surface area contributed by atoms with Crippen molar-refractivity contribution >= 4 is 11.8 Å². The summed E-state index contributed by atoms with van der Waals surface area (Å²) >= 11 is 0. The molecule has 0 radical (unpaired) electrons. The van der Waals surface area contributed by atoms with Crippen molar-refractivity contribution in [1.29, 1.82) is 0 Å². The Kier molecular flexibility index (Phi) is 5.46. The average Bonchev–Trinajstić information content (AvgIpc) is 2.66. The van der Waals surface area contributed by atoms with Gasteiger partial charge in [-0.1, -0.05) is 42.5 Å². The van der Waals surface area contributed by atoms with Crippen LogP contribution in [0.2, 0.25) is 0 Å². The molecule has 1 aliphatic heterocycles. The molecule has 2 unspecified atom stereocenters. The van der Waals surface area contributed by atoms with Crippen molar-refractivity contribution in [2.75, 3.05) is 13.1 Å². The predicted molar refractivity (Wildman–Crippen MR) is 97.3 cm³/mol. The highest BCUT2D eigenvalue weighted by Crippen LogP contribution is 2.21. The van der Waals surface area contributed by atoms with Crippen LogP contribution in [0, 0.1) is 0 Å². The molecule has 2 amide bonds. The van der Waals surface area contributed by atoms with E-state index in [2.05, 4.69) is 28.1 Å². The minimum Gasteiger partial charge on any atom is -0.352 e. The molecule has 0 bridgehead atoms. The van der Waals surface area contributed by atoms with Crippen LogP contribution in [0.15, 0.2) is 54.6 Å². The molecule has 25 heavy (non-hydrogen) atoms. The van der Waals surface area contributed by atoms with Crippen LogP contribution in [0.4, 0.5) is 0 Å². The van der Waals surface area contributed by atoms with Gasteiger partial charge in [-0.3, -0.25) is 9.59 Å². The third-order valence-electron chi connectivity index (χ3n) is 4.47. The van der Waals surface area contributed by atoms with Crippen LogP contribution in [0.1, 0.15) is 34.5 Å². The lowest BCUT2D eigenvalue weighted by Crippen LogP contribution is -2.47. The molecule has 2 aromatic rings. The third kappa shape index (κ3) is 4.25. The summed E-state index contributed by atoms with van der Waals surface area (Å²) in [5, 5.41) is 9.10. The Hall–Kier alpha value is -2.66. The van der Waals surface area contributed by atoms with Crippen LogP contribution >= 0.6 is 0 Å². The van der Waals surface area contributed by atoms with Crippen LogP contribution in [0.3, 0.4) is 0 Å². The third-order valence-corrected chi connectivity index (χ3v) is 4.47. The van der Waals surface area contributed by atoms with E-state index in [4.69, 9.17) is 0 Å². The van der Waals surface area contributed by atoms with E-state index in [0.717, 1.165) is 13.0 Å². The Bertz CT molecular complexity index is 746. The van der Waals surface area contributed by atoms with Crippen molar-refractivity contribution in [3.63, 3.8) is 0 Å². The molecule has 1 aliphatic rings. The lowest BCUT2D eigenvalue weighted by molar-refractivity contribution is -0.122. The molecule has 0 fully saturated rings. The van der Waals surface area contributed by atoms with Crippen molar-refractivity contribution in [2.45, 2.75) is 25.4 Å². The normalized spacial score (nSPS) is 17.2. The topological polar surface area (TPSA) is 70.2 Å². The Morgan fingerprint density at radius 3 is 2.64 bits per heavy atom. The summed E-state index contributed by atoms with van der Waals surface area (Å²) in [7, 11) is 0. The maximum absolute atomic E-state index is 12.3. The van der Waals surface area contributed by atoms with Crippen molar-refractivity contribution in [3.05, 3.63) is 71.3 Å². The van der Waals surface area contributed by atoms with Gasteiger partial charge in [-0.2, -0.15) is 0 Å². The lowest BCUT2D eigenvalue weighted by Gasteiger charge is -2.27. The number of carbonyl (C=O) groups excluding carboxylic acids is 2. The summed E-state index contributed by atoms with van der Waals surface area (Å²) in [5.74, 6) is -0.432. The minimum absolute atomic E-state index is 0.103. The first-order valence-corrected chi connectivity index (χ1v) is 8.60. The van der Waals surface area contributed by atoms with E-state index in [0.29, 0.717) is 12.1 Å². The highest BCUT2D eigenvalue weighted by molar-refractivity contribution is 5.97. The molecule has 2 atom stereocenters. The molecule has 0 saturated carbocycles. The van der Waals surface area contributed by atoms with Crippen LogP contribution < -0.4 is 16.0 Å². The standard InChI is InChI=1S/C20H23N3O2/c1-14(23-20(25)16-8-3-2-4-9-16)19(24)22-13-18-17-10-6-5-7-15(17)11-12-21-18/h2-10,14,18,21H,11-13H2,1H3,(H,22,24)(H,23,25). The van der Waals surface area contributed by atoms with Gasteiger partial charge >= 0.3 is 0 Å². The fraction of sp³-hybridized carbons (Fsp3) is 0.300. The maximum Gasteiger partial charge on any atom is 0.251 e. The SMILES string of the molecule is CC(NC(=O)c1ccccc1)C(=O)NCC1NCCc2ccccc21. The van der Waals surface area contributed by atoms with Gasteiger partial charge in [-0.15, -0.1) is 0 Å². The number of fused-ring (bicyclic) bond motifs is 1. The molecule has 5 heteroatoms. The van der Waals surface area contributed by atoms with E-state index in [9.17, 15) is 9.59 Å². The van der Waals surface area contributed by atoms with Gasteiger partial charge in [-0.05, 0) is 43.1 Å². The van der Waals surface area contributed by atoms with Crippen molar-refractivity contribution in [1.82, 2.24) is 16.0 Å². The summed E-state index contributed by atoms with van der Waals surface area (Å²) in [5.41, 5.74) is 3.10. The average molecular weight is 337 g/mol. The molecule has 130 valence electrons. The van der Waals surface area contributed by atoms with Gasteiger partial charge in [0.05, 0.1) is 0 Å². The molecule has 0 aliphatic carbocycles. The number of rotatable bonds is 5. The first kappa shape index (κ1) is 17.2. The first-order valence-electron chi connectivity index (χ1n) is 8.60. The summed E-state index contributed by atoms with van der Waals surface area (Å²) in [6, 6.07) is 16.7. The van der Waals surface area contributed by atoms with E-state index in [-0.39, 0.29) is 17.9 Å². The van der Waals surface area contributed by atoms with Crippen LogP contribution in [-0.4, -0.2) is 30.9 Å². The number of benzene rings is 2. The van der Waals surface area contributed by atoms with E-state index < -0.39 is 6.04 Å². The molecule has 1 heterocycles. The molecule has 0 aromatic heterocycles. The quantitative estimate of drug-likeness (QED) is 0.779. The summed E-state index contributed by atoms with van der Waals surface area (Å²) < 4.78 is 0. The summed E-state index contributed by atoms with van der Waals surface area (Å²) in [6.45, 7) is 3.09. The van der Waals surface area contributed by atoms with Gasteiger partial charge in [0.25, 0.3) is 5.91 Å². The minimum atomic E-state index is -0.591. The molecule has 5 nitrogen and oxygen atoms in total. The smallest absolute Gasteiger partial charge is 0.251 e. The lowest BCUT2D eigenvalue weighted by atomic mass is 9.94. The molecule has 3 rings (SSSR count). The van der Waals surface area contributed by atoms with E-state index in [1.807, 2.05) is 18.2 Å². The Morgan fingerprint density at radius 1 is 1.12 bits per heavy atom. The number of nitrogens with one attached hydrogen (secondary N) is 3. The molecular formula is C20H23N3O2. The Morgan fingerprint density at radius 2 is 1.84 bits per heavy atom. The largest absolute Gasteiger partial charge is 0.352 e. The van der Waals surface area contributed by atoms with Crippen molar-refractivity contribution in [3.8, 4) is 0 Å². The van der Waals surface area contributed by atoms with Crippen LogP contribution in [0.25, 0.3) is 0 Å². The van der Waals surface area contributed by atoms with E-state index >= 15 is 0 Å².